The molecule has 7 nitrogen and oxygen atoms in total. The zero-order valence-electron chi connectivity index (χ0n) is 15.2. The Balaban J connectivity index is 1.59. The molecule has 0 unspecified atom stereocenters. The summed E-state index contributed by atoms with van der Waals surface area (Å²) in [5, 5.41) is 7.65. The molecule has 2 aromatic heterocycles. The Morgan fingerprint density at radius 3 is 2.76 bits per heavy atom. The summed E-state index contributed by atoms with van der Waals surface area (Å²) < 4.78 is 1.81. The van der Waals surface area contributed by atoms with Gasteiger partial charge in [-0.15, -0.1) is 0 Å². The highest BCUT2D eigenvalue weighted by Gasteiger charge is 2.23. The van der Waals surface area contributed by atoms with Gasteiger partial charge in [-0.3, -0.25) is 9.48 Å². The fourth-order valence-corrected chi connectivity index (χ4v) is 3.54. The van der Waals surface area contributed by atoms with Crippen molar-refractivity contribution < 1.29 is 4.79 Å². The lowest BCUT2D eigenvalue weighted by Crippen LogP contribution is -2.49. The number of aromatic nitrogens is 4. The topological polar surface area (TPSA) is 75.9 Å². The van der Waals surface area contributed by atoms with E-state index in [1.54, 1.807) is 12.4 Å². The monoisotopic (exact) mass is 342 g/mol. The van der Waals surface area contributed by atoms with E-state index < -0.39 is 0 Å². The van der Waals surface area contributed by atoms with Crippen molar-refractivity contribution in [2.75, 3.05) is 18.0 Å². The van der Waals surface area contributed by atoms with Crippen LogP contribution in [-0.2, 0) is 17.8 Å². The molecule has 0 aliphatic carbocycles. The van der Waals surface area contributed by atoms with E-state index in [4.69, 9.17) is 0 Å². The first-order valence-corrected chi connectivity index (χ1v) is 8.92. The molecule has 0 aromatic carbocycles. The highest BCUT2D eigenvalue weighted by atomic mass is 16.2. The average molecular weight is 342 g/mol. The second-order valence-electron chi connectivity index (χ2n) is 6.56. The molecule has 7 heteroatoms. The summed E-state index contributed by atoms with van der Waals surface area (Å²) in [7, 11) is 0. The molecule has 1 aliphatic heterocycles. The molecule has 1 amide bonds. The van der Waals surface area contributed by atoms with Gasteiger partial charge in [0, 0.05) is 37.2 Å². The van der Waals surface area contributed by atoms with Gasteiger partial charge in [-0.2, -0.15) is 5.10 Å². The van der Waals surface area contributed by atoms with Crippen LogP contribution in [0.15, 0.2) is 18.5 Å². The third kappa shape index (κ3) is 3.97. The molecule has 1 atom stereocenters. The van der Waals surface area contributed by atoms with Crippen LogP contribution in [-0.4, -0.2) is 44.8 Å². The van der Waals surface area contributed by atoms with Crippen LogP contribution < -0.4 is 10.2 Å². The molecule has 3 heterocycles. The first kappa shape index (κ1) is 17.4. The summed E-state index contributed by atoms with van der Waals surface area (Å²) in [6, 6.07) is 1.93. The van der Waals surface area contributed by atoms with Crippen molar-refractivity contribution in [1.82, 2.24) is 25.1 Å². The van der Waals surface area contributed by atoms with E-state index in [9.17, 15) is 4.79 Å². The number of hydrogen-bond acceptors (Lipinski definition) is 5. The Bertz CT molecular complexity index is 727. The van der Waals surface area contributed by atoms with Gasteiger partial charge >= 0.3 is 0 Å². The van der Waals surface area contributed by atoms with Crippen molar-refractivity contribution in [2.45, 2.75) is 52.6 Å². The number of nitrogens with one attached hydrogen (secondary N) is 1. The Morgan fingerprint density at radius 1 is 1.32 bits per heavy atom. The first-order valence-electron chi connectivity index (χ1n) is 8.92. The quantitative estimate of drug-likeness (QED) is 0.894. The van der Waals surface area contributed by atoms with Crippen LogP contribution in [0.3, 0.4) is 0 Å². The molecule has 0 radical (unpaired) electrons. The molecule has 0 saturated carbocycles. The molecule has 0 spiro atoms. The number of hydrogen-bond donors (Lipinski definition) is 1. The predicted octanol–water partition coefficient (Wildman–Crippen LogP) is 1.64. The van der Waals surface area contributed by atoms with E-state index >= 15 is 0 Å². The normalized spacial score (nSPS) is 17.6. The number of piperidine rings is 1. The maximum Gasteiger partial charge on any atom is 0.242 e. The van der Waals surface area contributed by atoms with Crippen molar-refractivity contribution >= 4 is 11.9 Å². The van der Waals surface area contributed by atoms with Gasteiger partial charge in [-0.05, 0) is 44.7 Å². The molecule has 3 rings (SSSR count). The lowest BCUT2D eigenvalue weighted by Gasteiger charge is -2.33. The lowest BCUT2D eigenvalue weighted by molar-refractivity contribution is -0.122. The van der Waals surface area contributed by atoms with E-state index in [0.717, 1.165) is 49.7 Å². The van der Waals surface area contributed by atoms with E-state index in [0.29, 0.717) is 0 Å². The number of amides is 1. The average Bonchev–Trinajstić information content (AvgIpc) is 2.88. The minimum Gasteiger partial charge on any atom is -0.350 e. The lowest BCUT2D eigenvalue weighted by atomic mass is 10.1. The van der Waals surface area contributed by atoms with Crippen LogP contribution in [0, 0.1) is 13.8 Å². The number of carbonyl (C=O) groups is 1. The summed E-state index contributed by atoms with van der Waals surface area (Å²) in [5.41, 5.74) is 3.33. The minimum atomic E-state index is 0.00841. The van der Waals surface area contributed by atoms with Crippen molar-refractivity contribution in [2.24, 2.45) is 0 Å². The fourth-order valence-electron chi connectivity index (χ4n) is 3.54. The van der Waals surface area contributed by atoms with Gasteiger partial charge in [0.2, 0.25) is 11.9 Å². The fraction of sp³-hybridized carbons (Fsp3) is 0.556. The van der Waals surface area contributed by atoms with Gasteiger partial charge in [0.15, 0.2) is 0 Å². The van der Waals surface area contributed by atoms with Crippen LogP contribution in [0.5, 0.6) is 0 Å². The number of rotatable bonds is 5. The number of anilines is 1. The molecular formula is C18H26N6O. The van der Waals surface area contributed by atoms with Crippen LogP contribution in [0.4, 0.5) is 5.95 Å². The van der Waals surface area contributed by atoms with Crippen LogP contribution in [0.2, 0.25) is 0 Å². The molecule has 0 bridgehead atoms. The zero-order chi connectivity index (χ0) is 17.8. The van der Waals surface area contributed by atoms with E-state index in [2.05, 4.69) is 32.2 Å². The molecule has 134 valence electrons. The Labute approximate surface area is 148 Å². The summed E-state index contributed by atoms with van der Waals surface area (Å²) in [4.78, 5) is 23.2. The Morgan fingerprint density at radius 2 is 2.08 bits per heavy atom. The summed E-state index contributed by atoms with van der Waals surface area (Å²) in [6.07, 6.45) is 6.43. The smallest absolute Gasteiger partial charge is 0.242 e. The number of carbonyl (C=O) groups excluding carboxylic acids is 1. The molecule has 1 N–H and O–H groups in total. The highest BCUT2D eigenvalue weighted by molar-refractivity contribution is 5.76. The van der Waals surface area contributed by atoms with Crippen molar-refractivity contribution in [3.05, 3.63) is 35.4 Å². The molecule has 1 saturated heterocycles. The Hall–Kier alpha value is -2.44. The highest BCUT2D eigenvalue weighted by Crippen LogP contribution is 2.16. The molecular weight excluding hydrogens is 316 g/mol. The molecule has 25 heavy (non-hydrogen) atoms. The van der Waals surface area contributed by atoms with E-state index in [1.807, 2.05) is 24.6 Å². The predicted molar refractivity (Wildman–Crippen MR) is 96.5 cm³/mol. The van der Waals surface area contributed by atoms with Gasteiger partial charge < -0.3 is 10.2 Å². The van der Waals surface area contributed by atoms with E-state index in [-0.39, 0.29) is 18.5 Å². The van der Waals surface area contributed by atoms with Gasteiger partial charge in [0.1, 0.15) is 6.54 Å². The van der Waals surface area contributed by atoms with Gasteiger partial charge in [0.05, 0.1) is 5.69 Å². The maximum atomic E-state index is 12.5. The SMILES string of the molecule is CCc1c(C)nn(CC(=O)N[C@H]2CCCN(c3ncccn3)C2)c1C. The molecule has 1 aliphatic rings. The first-order chi connectivity index (χ1) is 12.1. The third-order valence-corrected chi connectivity index (χ3v) is 4.80. The van der Waals surface area contributed by atoms with Crippen LogP contribution >= 0.6 is 0 Å². The van der Waals surface area contributed by atoms with Crippen molar-refractivity contribution in [3.8, 4) is 0 Å². The van der Waals surface area contributed by atoms with Gasteiger partial charge in [-0.25, -0.2) is 9.97 Å². The second-order valence-corrected chi connectivity index (χ2v) is 6.56. The van der Waals surface area contributed by atoms with E-state index in [1.165, 1.54) is 5.56 Å². The number of nitrogens with zero attached hydrogens (tertiary/aromatic N) is 5. The van der Waals surface area contributed by atoms with Gasteiger partial charge in [-0.1, -0.05) is 6.92 Å². The zero-order valence-corrected chi connectivity index (χ0v) is 15.2. The van der Waals surface area contributed by atoms with Gasteiger partial charge in [0.25, 0.3) is 0 Å². The molecule has 1 fully saturated rings. The third-order valence-electron chi connectivity index (χ3n) is 4.80. The summed E-state index contributed by atoms with van der Waals surface area (Å²) >= 11 is 0. The second kappa shape index (κ2) is 7.63. The number of aryl methyl sites for hydroxylation is 1. The van der Waals surface area contributed by atoms with Crippen LogP contribution in [0.1, 0.15) is 36.7 Å². The summed E-state index contributed by atoms with van der Waals surface area (Å²) in [5.74, 6) is 0.738. The Kier molecular flexibility index (Phi) is 5.31. The largest absolute Gasteiger partial charge is 0.350 e. The maximum absolute atomic E-state index is 12.5. The van der Waals surface area contributed by atoms with Crippen molar-refractivity contribution in [1.29, 1.82) is 0 Å². The van der Waals surface area contributed by atoms with Crippen molar-refractivity contribution in [3.63, 3.8) is 0 Å². The standard InChI is InChI=1S/C18H26N6O/c1-4-16-13(2)22-24(14(16)3)12-17(25)21-15-7-5-10-23(11-15)18-19-8-6-9-20-18/h6,8-9,15H,4-5,7,10-12H2,1-3H3,(H,21,25)/t15-/m0/s1. The summed E-state index contributed by atoms with van der Waals surface area (Å²) in [6.45, 7) is 8.08. The minimum absolute atomic E-state index is 0.00841. The molecule has 2 aromatic rings. The van der Waals surface area contributed by atoms with Crippen LogP contribution in [0.25, 0.3) is 0 Å².